The topological polar surface area (TPSA) is 44.4 Å². The van der Waals surface area contributed by atoms with Gasteiger partial charge in [0.25, 0.3) is 0 Å². The van der Waals surface area contributed by atoms with Crippen LogP contribution in [0, 0.1) is 0 Å². The van der Waals surface area contributed by atoms with E-state index in [4.69, 9.17) is 0 Å². The van der Waals surface area contributed by atoms with Crippen LogP contribution in [0.25, 0.3) is 0 Å². The zero-order chi connectivity index (χ0) is 11.5. The lowest BCUT2D eigenvalue weighted by Gasteiger charge is -2.30. The highest BCUT2D eigenvalue weighted by Crippen LogP contribution is 2.13. The van der Waals surface area contributed by atoms with Gasteiger partial charge in [-0.2, -0.15) is 13.2 Å². The number of rotatable bonds is 2. The summed E-state index contributed by atoms with van der Waals surface area (Å²) in [6.45, 7) is 2.23. The zero-order valence-electron chi connectivity index (χ0n) is 8.40. The highest BCUT2D eigenvalue weighted by Gasteiger charge is 2.38. The van der Waals surface area contributed by atoms with E-state index in [1.54, 1.807) is 0 Å². The van der Waals surface area contributed by atoms with E-state index in [9.17, 15) is 18.0 Å². The first kappa shape index (κ1) is 12.3. The average Bonchev–Trinajstić information content (AvgIpc) is 2.12. The fourth-order valence-corrected chi connectivity index (χ4v) is 1.44. The number of likely N-dealkylation sites (N-methyl/N-ethyl adjacent to an activating group) is 1. The monoisotopic (exact) mass is 225 g/mol. The van der Waals surface area contributed by atoms with Crippen LogP contribution in [0.5, 0.6) is 0 Å². The minimum Gasteiger partial charge on any atom is -0.347 e. The Hall–Kier alpha value is -0.820. The number of halogens is 3. The normalized spacial score (nSPS) is 23.9. The molecule has 1 amide bonds. The lowest BCUT2D eigenvalue weighted by atomic mass is 10.2. The molecule has 1 saturated heterocycles. The highest BCUT2D eigenvalue weighted by atomic mass is 19.4. The lowest BCUT2D eigenvalue weighted by molar-refractivity contribution is -0.173. The number of alkyl halides is 3. The highest BCUT2D eigenvalue weighted by molar-refractivity contribution is 5.81. The Balaban J connectivity index is 2.28. The van der Waals surface area contributed by atoms with E-state index in [0.717, 1.165) is 13.1 Å². The van der Waals surface area contributed by atoms with Crippen molar-refractivity contribution in [3.8, 4) is 0 Å². The van der Waals surface area contributed by atoms with Crippen LogP contribution in [0.1, 0.15) is 0 Å². The fraction of sp³-hybridized carbons (Fsp3) is 0.875. The van der Waals surface area contributed by atoms with Gasteiger partial charge in [-0.1, -0.05) is 0 Å². The molecule has 1 aliphatic heterocycles. The van der Waals surface area contributed by atoms with Gasteiger partial charge >= 0.3 is 12.1 Å². The van der Waals surface area contributed by atoms with E-state index in [1.165, 1.54) is 0 Å². The molecular formula is C8H14F3N3O. The molecule has 2 N–H and O–H groups in total. The summed E-state index contributed by atoms with van der Waals surface area (Å²) in [6.07, 6.45) is -4.79. The van der Waals surface area contributed by atoms with Gasteiger partial charge in [-0.3, -0.25) is 4.79 Å². The van der Waals surface area contributed by atoms with Gasteiger partial charge in [0.2, 0.25) is 0 Å². The second kappa shape index (κ2) is 4.80. The second-order valence-corrected chi connectivity index (χ2v) is 3.62. The van der Waals surface area contributed by atoms with Crippen molar-refractivity contribution in [1.29, 1.82) is 0 Å². The first-order chi connectivity index (χ1) is 6.89. The maximum absolute atomic E-state index is 11.8. The summed E-state index contributed by atoms with van der Waals surface area (Å²) in [5.41, 5.74) is 0. The van der Waals surface area contributed by atoms with Crippen LogP contribution in [0.15, 0.2) is 0 Å². The third-order valence-corrected chi connectivity index (χ3v) is 2.23. The molecule has 88 valence electrons. The van der Waals surface area contributed by atoms with Crippen molar-refractivity contribution in [1.82, 2.24) is 15.5 Å². The molecule has 0 saturated carbocycles. The molecule has 1 fully saturated rings. The number of carbonyl (C=O) groups is 1. The van der Waals surface area contributed by atoms with Gasteiger partial charge in [-0.05, 0) is 7.05 Å². The molecule has 0 aromatic rings. The zero-order valence-corrected chi connectivity index (χ0v) is 8.40. The third kappa shape index (κ3) is 4.05. The minimum absolute atomic E-state index is 0.00266. The Morgan fingerprint density at radius 3 is 2.80 bits per heavy atom. The lowest BCUT2D eigenvalue weighted by Crippen LogP contribution is -2.54. The van der Waals surface area contributed by atoms with Gasteiger partial charge < -0.3 is 15.5 Å². The number of hydrogen-bond acceptors (Lipinski definition) is 3. The van der Waals surface area contributed by atoms with Crippen LogP contribution >= 0.6 is 0 Å². The molecule has 0 radical (unpaired) electrons. The molecule has 0 aromatic heterocycles. The van der Waals surface area contributed by atoms with E-state index in [1.807, 2.05) is 17.3 Å². The summed E-state index contributed by atoms with van der Waals surface area (Å²) in [4.78, 5) is 12.5. The van der Waals surface area contributed by atoms with Crippen molar-refractivity contribution in [3.05, 3.63) is 0 Å². The van der Waals surface area contributed by atoms with Crippen molar-refractivity contribution in [3.63, 3.8) is 0 Å². The van der Waals surface area contributed by atoms with Crippen molar-refractivity contribution >= 4 is 5.91 Å². The Bertz CT molecular complexity index is 232. The third-order valence-electron chi connectivity index (χ3n) is 2.23. The van der Waals surface area contributed by atoms with Crippen molar-refractivity contribution in [2.24, 2.45) is 0 Å². The number of nitrogens with zero attached hydrogens (tertiary/aromatic N) is 1. The van der Waals surface area contributed by atoms with E-state index < -0.39 is 12.1 Å². The van der Waals surface area contributed by atoms with Gasteiger partial charge in [-0.15, -0.1) is 0 Å². The maximum atomic E-state index is 11.8. The first-order valence-electron chi connectivity index (χ1n) is 4.66. The Morgan fingerprint density at radius 2 is 2.27 bits per heavy atom. The maximum Gasteiger partial charge on any atom is 0.471 e. The predicted octanol–water partition coefficient (Wildman–Crippen LogP) is -0.432. The summed E-state index contributed by atoms with van der Waals surface area (Å²) >= 11 is 0. The second-order valence-electron chi connectivity index (χ2n) is 3.62. The quantitative estimate of drug-likeness (QED) is 0.670. The van der Waals surface area contributed by atoms with E-state index in [2.05, 4.69) is 5.32 Å². The molecule has 0 aromatic carbocycles. The predicted molar refractivity (Wildman–Crippen MR) is 48.4 cm³/mol. The van der Waals surface area contributed by atoms with Gasteiger partial charge in [-0.25, -0.2) is 0 Å². The largest absolute Gasteiger partial charge is 0.471 e. The van der Waals surface area contributed by atoms with Crippen molar-refractivity contribution in [2.75, 3.05) is 33.2 Å². The summed E-state index contributed by atoms with van der Waals surface area (Å²) < 4.78 is 35.5. The molecule has 15 heavy (non-hydrogen) atoms. The van der Waals surface area contributed by atoms with E-state index in [-0.39, 0.29) is 12.6 Å². The molecule has 7 heteroatoms. The van der Waals surface area contributed by atoms with Gasteiger partial charge in [0.15, 0.2) is 0 Å². The van der Waals surface area contributed by atoms with Crippen molar-refractivity contribution in [2.45, 2.75) is 12.2 Å². The number of carbonyl (C=O) groups excluding carboxylic acids is 1. The summed E-state index contributed by atoms with van der Waals surface area (Å²) in [7, 11) is 1.89. The van der Waals surface area contributed by atoms with Gasteiger partial charge in [0.1, 0.15) is 0 Å². The Kier molecular flexibility index (Phi) is 3.92. The minimum atomic E-state index is -4.79. The molecule has 1 atom stereocenters. The van der Waals surface area contributed by atoms with Crippen LogP contribution in [0.3, 0.4) is 0 Å². The standard InChI is InChI=1S/C8H14F3N3O/c1-14-3-2-12-6(5-14)4-13-7(15)8(9,10)11/h6,12H,2-5H2,1H3,(H,13,15). The molecule has 4 nitrogen and oxygen atoms in total. The van der Waals surface area contributed by atoms with Gasteiger partial charge in [0.05, 0.1) is 0 Å². The molecule has 1 aliphatic rings. The number of amides is 1. The van der Waals surface area contributed by atoms with Gasteiger partial charge in [0, 0.05) is 32.2 Å². The fourth-order valence-electron chi connectivity index (χ4n) is 1.44. The molecule has 1 heterocycles. The summed E-state index contributed by atoms with van der Waals surface area (Å²) in [6, 6.07) is -0.116. The van der Waals surface area contributed by atoms with E-state index in [0.29, 0.717) is 6.54 Å². The summed E-state index contributed by atoms with van der Waals surface area (Å²) in [5.74, 6) is -1.88. The number of piperazine rings is 1. The summed E-state index contributed by atoms with van der Waals surface area (Å²) in [5, 5.41) is 4.89. The van der Waals surface area contributed by atoms with Crippen LogP contribution in [0.2, 0.25) is 0 Å². The molecular weight excluding hydrogens is 211 g/mol. The molecule has 0 spiro atoms. The van der Waals surface area contributed by atoms with E-state index >= 15 is 0 Å². The Morgan fingerprint density at radius 1 is 1.60 bits per heavy atom. The van der Waals surface area contributed by atoms with Crippen molar-refractivity contribution < 1.29 is 18.0 Å². The van der Waals surface area contributed by atoms with Crippen LogP contribution < -0.4 is 10.6 Å². The number of hydrogen-bond donors (Lipinski definition) is 2. The van der Waals surface area contributed by atoms with Crippen LogP contribution in [-0.4, -0.2) is 56.3 Å². The molecule has 1 rings (SSSR count). The Labute approximate surface area is 85.8 Å². The number of nitrogens with one attached hydrogen (secondary N) is 2. The molecule has 0 aliphatic carbocycles. The first-order valence-corrected chi connectivity index (χ1v) is 4.66. The average molecular weight is 225 g/mol. The molecule has 1 unspecified atom stereocenters. The smallest absolute Gasteiger partial charge is 0.347 e. The van der Waals surface area contributed by atoms with Crippen LogP contribution in [-0.2, 0) is 4.79 Å². The van der Waals surface area contributed by atoms with Crippen LogP contribution in [0.4, 0.5) is 13.2 Å². The SMILES string of the molecule is CN1CCNC(CNC(=O)C(F)(F)F)C1. The molecule has 0 bridgehead atoms.